The number of rotatable bonds is 5. The number of nitrogens with zero attached hydrogens (tertiary/aromatic N) is 4. The van der Waals surface area contributed by atoms with Crippen molar-refractivity contribution in [3.05, 3.63) is 58.9 Å². The van der Waals surface area contributed by atoms with Crippen LogP contribution >= 0.6 is 0 Å². The van der Waals surface area contributed by atoms with Gasteiger partial charge >= 0.3 is 0 Å². The number of likely N-dealkylation sites (tertiary alicyclic amines) is 1. The topological polar surface area (TPSA) is 66.8 Å². The molecule has 3 heterocycles. The quantitative estimate of drug-likeness (QED) is 0.775. The molecule has 0 bridgehead atoms. The predicted octanol–water partition coefficient (Wildman–Crippen LogP) is 2.22. The van der Waals surface area contributed by atoms with Crippen molar-refractivity contribution >= 4 is 10.9 Å². The van der Waals surface area contributed by atoms with E-state index in [1.54, 1.807) is 0 Å². The van der Waals surface area contributed by atoms with Gasteiger partial charge in [-0.1, -0.05) is 18.6 Å². The van der Waals surface area contributed by atoms with Crippen molar-refractivity contribution in [3.8, 4) is 0 Å². The van der Waals surface area contributed by atoms with Crippen molar-refractivity contribution in [1.29, 1.82) is 0 Å². The molecule has 0 radical (unpaired) electrons. The molecule has 1 atom stereocenters. The third-order valence-electron chi connectivity index (χ3n) is 5.00. The van der Waals surface area contributed by atoms with Gasteiger partial charge in [0.2, 0.25) is 0 Å². The van der Waals surface area contributed by atoms with Crippen LogP contribution in [0.1, 0.15) is 25.1 Å². The Kier molecular flexibility index (Phi) is 4.61. The highest BCUT2D eigenvalue weighted by atomic mass is 16.1. The van der Waals surface area contributed by atoms with Gasteiger partial charge in [-0.25, -0.2) is 4.98 Å². The standard InChI is InChI=1S/C19H23N5O/c25-19-16-7-1-2-8-17(16)21-18(22-19)9-13-23-11-4-3-6-15(23)14-24-12-5-10-20-24/h1-2,5,7-8,10,12,15H,3-4,6,9,11,13-14H2,(H,21,22,25)/t15-/m0/s1. The zero-order chi connectivity index (χ0) is 17.1. The van der Waals surface area contributed by atoms with Gasteiger partial charge in [-0.15, -0.1) is 0 Å². The summed E-state index contributed by atoms with van der Waals surface area (Å²) in [6.07, 6.45) is 8.31. The third kappa shape index (κ3) is 3.64. The Bertz CT molecular complexity index is 886. The molecule has 4 rings (SSSR count). The highest BCUT2D eigenvalue weighted by Crippen LogP contribution is 2.18. The van der Waals surface area contributed by atoms with Crippen LogP contribution in [0.3, 0.4) is 0 Å². The van der Waals surface area contributed by atoms with Gasteiger partial charge in [-0.2, -0.15) is 5.10 Å². The molecule has 2 aromatic heterocycles. The fourth-order valence-electron chi connectivity index (χ4n) is 3.69. The van der Waals surface area contributed by atoms with Gasteiger partial charge < -0.3 is 4.98 Å². The molecule has 1 aromatic carbocycles. The highest BCUT2D eigenvalue weighted by Gasteiger charge is 2.22. The first-order valence-corrected chi connectivity index (χ1v) is 8.99. The summed E-state index contributed by atoms with van der Waals surface area (Å²) in [6.45, 7) is 2.94. The third-order valence-corrected chi connectivity index (χ3v) is 5.00. The number of aromatic nitrogens is 4. The van der Waals surface area contributed by atoms with Crippen LogP contribution in [0.4, 0.5) is 0 Å². The van der Waals surface area contributed by atoms with Gasteiger partial charge in [0.1, 0.15) is 5.82 Å². The fraction of sp³-hybridized carbons (Fsp3) is 0.421. The fourth-order valence-corrected chi connectivity index (χ4v) is 3.69. The number of nitrogens with one attached hydrogen (secondary N) is 1. The Morgan fingerprint density at radius 3 is 3.00 bits per heavy atom. The molecule has 0 spiro atoms. The van der Waals surface area contributed by atoms with Gasteiger partial charge in [-0.05, 0) is 37.6 Å². The smallest absolute Gasteiger partial charge is 0.258 e. The lowest BCUT2D eigenvalue weighted by Gasteiger charge is -2.35. The van der Waals surface area contributed by atoms with Crippen LogP contribution in [0.5, 0.6) is 0 Å². The van der Waals surface area contributed by atoms with E-state index in [0.717, 1.165) is 37.4 Å². The maximum atomic E-state index is 12.2. The molecular weight excluding hydrogens is 314 g/mol. The second-order valence-electron chi connectivity index (χ2n) is 6.69. The van der Waals surface area contributed by atoms with Crippen molar-refractivity contribution in [3.63, 3.8) is 0 Å². The second kappa shape index (κ2) is 7.19. The second-order valence-corrected chi connectivity index (χ2v) is 6.69. The van der Waals surface area contributed by atoms with E-state index in [-0.39, 0.29) is 5.56 Å². The molecule has 6 nitrogen and oxygen atoms in total. The molecule has 0 aliphatic carbocycles. The highest BCUT2D eigenvalue weighted by molar-refractivity contribution is 5.77. The molecule has 1 aliphatic rings. The van der Waals surface area contributed by atoms with E-state index >= 15 is 0 Å². The molecule has 1 fully saturated rings. The monoisotopic (exact) mass is 337 g/mol. The van der Waals surface area contributed by atoms with Crippen LogP contribution in [0.15, 0.2) is 47.5 Å². The van der Waals surface area contributed by atoms with Gasteiger partial charge in [0.15, 0.2) is 0 Å². The summed E-state index contributed by atoms with van der Waals surface area (Å²) in [7, 11) is 0. The van der Waals surface area contributed by atoms with Crippen LogP contribution in [0.2, 0.25) is 0 Å². The average molecular weight is 337 g/mol. The predicted molar refractivity (Wildman–Crippen MR) is 97.5 cm³/mol. The molecule has 25 heavy (non-hydrogen) atoms. The normalized spacial score (nSPS) is 18.6. The van der Waals surface area contributed by atoms with Crippen LogP contribution < -0.4 is 5.56 Å². The zero-order valence-electron chi connectivity index (χ0n) is 14.3. The molecule has 1 N–H and O–H groups in total. The van der Waals surface area contributed by atoms with Crippen LogP contribution in [-0.2, 0) is 13.0 Å². The lowest BCUT2D eigenvalue weighted by molar-refractivity contribution is 0.130. The van der Waals surface area contributed by atoms with Crippen molar-refractivity contribution in [2.75, 3.05) is 13.1 Å². The molecule has 1 saturated heterocycles. The number of piperidine rings is 1. The van der Waals surface area contributed by atoms with Crippen molar-refractivity contribution in [2.24, 2.45) is 0 Å². The van der Waals surface area contributed by atoms with Crippen molar-refractivity contribution < 1.29 is 0 Å². The molecule has 0 unspecified atom stereocenters. The maximum Gasteiger partial charge on any atom is 0.258 e. The zero-order valence-corrected chi connectivity index (χ0v) is 14.3. The lowest BCUT2D eigenvalue weighted by Crippen LogP contribution is -2.43. The number of fused-ring (bicyclic) bond motifs is 1. The first kappa shape index (κ1) is 16.0. The van der Waals surface area contributed by atoms with Crippen molar-refractivity contribution in [2.45, 2.75) is 38.3 Å². The van der Waals surface area contributed by atoms with Crippen LogP contribution in [0, 0.1) is 0 Å². The summed E-state index contributed by atoms with van der Waals surface area (Å²) >= 11 is 0. The molecule has 0 saturated carbocycles. The molecular formula is C19H23N5O. The largest absolute Gasteiger partial charge is 0.310 e. The summed E-state index contributed by atoms with van der Waals surface area (Å²) in [5.41, 5.74) is 0.723. The number of hydrogen-bond acceptors (Lipinski definition) is 4. The molecule has 6 heteroatoms. The maximum absolute atomic E-state index is 12.2. The van der Waals surface area contributed by atoms with E-state index in [4.69, 9.17) is 0 Å². The molecule has 130 valence electrons. The number of para-hydroxylation sites is 1. The summed E-state index contributed by atoms with van der Waals surface area (Å²) in [6, 6.07) is 9.97. The lowest BCUT2D eigenvalue weighted by atomic mass is 10.0. The van der Waals surface area contributed by atoms with Gasteiger partial charge in [0.05, 0.1) is 17.4 Å². The van der Waals surface area contributed by atoms with E-state index in [0.29, 0.717) is 11.4 Å². The Morgan fingerprint density at radius 1 is 1.20 bits per heavy atom. The summed E-state index contributed by atoms with van der Waals surface area (Å²) in [5, 5.41) is 4.99. The van der Waals surface area contributed by atoms with E-state index in [2.05, 4.69) is 20.0 Å². The minimum Gasteiger partial charge on any atom is -0.310 e. The van der Waals surface area contributed by atoms with E-state index in [1.165, 1.54) is 19.3 Å². The minimum atomic E-state index is -0.0488. The van der Waals surface area contributed by atoms with Crippen molar-refractivity contribution in [1.82, 2.24) is 24.6 Å². The Labute approximate surface area is 146 Å². The number of H-pyrrole nitrogens is 1. The molecule has 0 amide bonds. The van der Waals surface area contributed by atoms with E-state index < -0.39 is 0 Å². The van der Waals surface area contributed by atoms with E-state index in [9.17, 15) is 4.79 Å². The first-order chi connectivity index (χ1) is 12.3. The number of benzene rings is 1. The Balaban J connectivity index is 1.46. The Hall–Kier alpha value is -2.47. The summed E-state index contributed by atoms with van der Waals surface area (Å²) in [5.74, 6) is 0.770. The minimum absolute atomic E-state index is 0.0488. The summed E-state index contributed by atoms with van der Waals surface area (Å²) < 4.78 is 2.01. The molecule has 3 aromatic rings. The molecule has 1 aliphatic heterocycles. The average Bonchev–Trinajstić information content (AvgIpc) is 3.14. The van der Waals surface area contributed by atoms with Crippen LogP contribution in [0.25, 0.3) is 10.9 Å². The summed E-state index contributed by atoms with van der Waals surface area (Å²) in [4.78, 5) is 22.3. The number of aromatic amines is 1. The van der Waals surface area contributed by atoms with Gasteiger partial charge in [0.25, 0.3) is 5.56 Å². The van der Waals surface area contributed by atoms with Gasteiger partial charge in [-0.3, -0.25) is 14.4 Å². The Morgan fingerprint density at radius 2 is 2.12 bits per heavy atom. The van der Waals surface area contributed by atoms with Crippen LogP contribution in [-0.4, -0.2) is 43.8 Å². The van der Waals surface area contributed by atoms with Gasteiger partial charge in [0, 0.05) is 31.4 Å². The SMILES string of the molecule is O=c1[nH]c(CCN2CCCC[C@H]2Cn2cccn2)nc2ccccc12. The first-order valence-electron chi connectivity index (χ1n) is 8.99. The number of hydrogen-bond donors (Lipinski definition) is 1. The van der Waals surface area contributed by atoms with E-state index in [1.807, 2.05) is 47.4 Å².